The zero-order valence-corrected chi connectivity index (χ0v) is 24.6. The highest BCUT2D eigenvalue weighted by Crippen LogP contribution is 2.28. The Balaban J connectivity index is 2.26. The van der Waals surface area contributed by atoms with E-state index in [0.717, 1.165) is 37.7 Å². The number of hydrogen-bond donors (Lipinski definition) is 4. The molecule has 0 spiro atoms. The zero-order valence-electron chi connectivity index (χ0n) is 23.8. The number of carbonyl (C=O) groups excluding carboxylic acids is 2. The van der Waals surface area contributed by atoms with Crippen molar-refractivity contribution in [1.82, 2.24) is 10.6 Å². The Morgan fingerprint density at radius 3 is 2.20 bits per heavy atom. The fraction of sp³-hybridized carbons (Fsp3) is 0.613. The average molecular weight is 573 g/mol. The molecule has 1 aromatic carbocycles. The van der Waals surface area contributed by atoms with Gasteiger partial charge in [0.05, 0.1) is 22.5 Å². The first-order valence-electron chi connectivity index (χ1n) is 13.9. The van der Waals surface area contributed by atoms with Gasteiger partial charge in [-0.3, -0.25) is 9.59 Å². The van der Waals surface area contributed by atoms with Crippen LogP contribution in [0.25, 0.3) is 0 Å². The normalized spacial score (nSPS) is 18.3. The predicted octanol–water partition coefficient (Wildman–Crippen LogP) is 2.38. The van der Waals surface area contributed by atoms with E-state index in [2.05, 4.69) is 22.5 Å². The summed E-state index contributed by atoms with van der Waals surface area (Å²) in [5, 5.41) is 26.2. The van der Waals surface area contributed by atoms with Gasteiger partial charge in [-0.1, -0.05) is 68.4 Å². The Morgan fingerprint density at radius 2 is 1.65 bits per heavy atom. The molecule has 8 nitrogen and oxygen atoms in total. The van der Waals surface area contributed by atoms with E-state index in [1.807, 2.05) is 18.2 Å². The monoisotopic (exact) mass is 572 g/mol. The molecule has 1 saturated carbocycles. The van der Waals surface area contributed by atoms with Crippen LogP contribution in [0.2, 0.25) is 0 Å². The first-order valence-corrected chi connectivity index (χ1v) is 15.6. The van der Waals surface area contributed by atoms with E-state index in [9.17, 15) is 28.2 Å². The molecule has 0 bridgehead atoms. The summed E-state index contributed by atoms with van der Waals surface area (Å²) in [6.07, 6.45) is 13.5. The summed E-state index contributed by atoms with van der Waals surface area (Å²) in [7, 11) is -3.67. The molecule has 0 radical (unpaired) electrons. The van der Waals surface area contributed by atoms with Gasteiger partial charge >= 0.3 is 0 Å². The van der Waals surface area contributed by atoms with Crippen LogP contribution in [0, 0.1) is 36.5 Å². The molecule has 9 heteroatoms. The standard InChI is InChI=1S/C31H44N2O6S/c1-6-14-25(30(37)33-26(28(35)27(34)7-2)20-23-17-12-9-13-18-23)32-29(36)24(19-22-15-10-8-11-16-22)21-40(38,39)31(3,4)5/h1-2,8,10-11,15-16,23-28,34-35H,9,12-14,17-21H2,3-5H3,(H,32,36)(H,33,37)/t24-,25+,26+,27+,28-/m1/s1. The molecule has 220 valence electrons. The fourth-order valence-corrected chi connectivity index (χ4v) is 6.22. The lowest BCUT2D eigenvalue weighted by Gasteiger charge is -2.32. The number of aliphatic hydroxyl groups is 2. The van der Waals surface area contributed by atoms with E-state index in [1.165, 1.54) is 0 Å². The van der Waals surface area contributed by atoms with Gasteiger partial charge in [0.15, 0.2) is 9.84 Å². The minimum absolute atomic E-state index is 0.147. The molecule has 1 aromatic rings. The summed E-state index contributed by atoms with van der Waals surface area (Å²) < 4.78 is 25.0. The van der Waals surface area contributed by atoms with Gasteiger partial charge in [-0.05, 0) is 45.1 Å². The van der Waals surface area contributed by atoms with Gasteiger partial charge in [-0.25, -0.2) is 8.42 Å². The minimum Gasteiger partial charge on any atom is -0.387 e. The molecule has 1 aliphatic rings. The quantitative estimate of drug-likeness (QED) is 0.268. The van der Waals surface area contributed by atoms with Crippen LogP contribution < -0.4 is 10.6 Å². The smallest absolute Gasteiger partial charge is 0.243 e. The Morgan fingerprint density at radius 1 is 1.02 bits per heavy atom. The van der Waals surface area contributed by atoms with Crippen LogP contribution in [0.1, 0.15) is 71.3 Å². The highest BCUT2D eigenvalue weighted by molar-refractivity contribution is 7.92. The van der Waals surface area contributed by atoms with Crippen molar-refractivity contribution in [3.05, 3.63) is 35.9 Å². The molecule has 0 aliphatic heterocycles. The maximum atomic E-state index is 13.5. The number of nitrogens with one attached hydrogen (secondary N) is 2. The van der Waals surface area contributed by atoms with Gasteiger partial charge in [-0.15, -0.1) is 18.8 Å². The number of sulfone groups is 1. The van der Waals surface area contributed by atoms with Crippen molar-refractivity contribution in [1.29, 1.82) is 0 Å². The van der Waals surface area contributed by atoms with Crippen LogP contribution in [0.3, 0.4) is 0 Å². The highest BCUT2D eigenvalue weighted by Gasteiger charge is 2.36. The van der Waals surface area contributed by atoms with Crippen molar-refractivity contribution in [2.45, 2.75) is 101 Å². The number of rotatable bonds is 13. The van der Waals surface area contributed by atoms with Crippen molar-refractivity contribution in [2.24, 2.45) is 11.8 Å². The Hall–Kier alpha value is -2.85. The Labute approximate surface area is 239 Å². The third kappa shape index (κ3) is 9.96. The highest BCUT2D eigenvalue weighted by atomic mass is 32.2. The van der Waals surface area contributed by atoms with Crippen LogP contribution in [-0.2, 0) is 25.8 Å². The van der Waals surface area contributed by atoms with Crippen molar-refractivity contribution in [3.8, 4) is 24.7 Å². The SMILES string of the molecule is C#CC[C@H](NC(=O)[C@H](Cc1ccccc1)CS(=O)(=O)C(C)(C)C)C(=O)N[C@@H](CC1CCCCC1)[C@@H](O)[C@@H](O)C#C. The molecular weight excluding hydrogens is 528 g/mol. The van der Waals surface area contributed by atoms with Crippen LogP contribution in [0.15, 0.2) is 30.3 Å². The zero-order chi connectivity index (χ0) is 29.9. The van der Waals surface area contributed by atoms with E-state index in [1.54, 1.807) is 32.9 Å². The lowest BCUT2D eigenvalue weighted by atomic mass is 9.83. The van der Waals surface area contributed by atoms with Crippen LogP contribution in [-0.4, -0.2) is 65.2 Å². The molecule has 2 rings (SSSR count). The molecule has 1 aliphatic carbocycles. The molecule has 1 fully saturated rings. The molecule has 0 saturated heterocycles. The third-order valence-corrected chi connectivity index (χ3v) is 10.3. The van der Waals surface area contributed by atoms with Crippen molar-refractivity contribution in [3.63, 3.8) is 0 Å². The number of amides is 2. The summed E-state index contributed by atoms with van der Waals surface area (Å²) in [5.74, 6) is 2.14. The average Bonchev–Trinajstić information content (AvgIpc) is 2.91. The molecule has 5 atom stereocenters. The van der Waals surface area contributed by atoms with E-state index in [-0.39, 0.29) is 18.8 Å². The topological polar surface area (TPSA) is 133 Å². The summed E-state index contributed by atoms with van der Waals surface area (Å²) in [4.78, 5) is 26.9. The van der Waals surface area contributed by atoms with Gasteiger partial charge in [0, 0.05) is 6.42 Å². The summed E-state index contributed by atoms with van der Waals surface area (Å²) >= 11 is 0. The first-order chi connectivity index (χ1) is 18.8. The fourth-order valence-electron chi connectivity index (χ4n) is 4.93. The number of terminal acetylenes is 2. The predicted molar refractivity (Wildman–Crippen MR) is 157 cm³/mol. The lowest BCUT2D eigenvalue weighted by Crippen LogP contribution is -2.56. The molecule has 2 amide bonds. The van der Waals surface area contributed by atoms with Crippen LogP contribution >= 0.6 is 0 Å². The van der Waals surface area contributed by atoms with Gasteiger partial charge in [0.1, 0.15) is 18.2 Å². The molecule has 0 aromatic heterocycles. The number of aliphatic hydroxyl groups excluding tert-OH is 2. The van der Waals surface area contributed by atoms with Gasteiger partial charge in [-0.2, -0.15) is 0 Å². The van der Waals surface area contributed by atoms with Crippen LogP contribution in [0.4, 0.5) is 0 Å². The number of benzene rings is 1. The maximum Gasteiger partial charge on any atom is 0.243 e. The number of carbonyl (C=O) groups is 2. The Bertz CT molecular complexity index is 1160. The van der Waals surface area contributed by atoms with Crippen molar-refractivity contribution in [2.75, 3.05) is 5.75 Å². The first kappa shape index (κ1) is 33.4. The van der Waals surface area contributed by atoms with E-state index < -0.39 is 62.4 Å². The minimum atomic E-state index is -3.67. The maximum absolute atomic E-state index is 13.5. The van der Waals surface area contributed by atoms with Gasteiger partial charge in [0.25, 0.3) is 0 Å². The van der Waals surface area contributed by atoms with Crippen molar-refractivity contribution >= 4 is 21.7 Å². The van der Waals surface area contributed by atoms with E-state index in [0.29, 0.717) is 6.42 Å². The molecule has 0 unspecified atom stereocenters. The van der Waals surface area contributed by atoms with Crippen molar-refractivity contribution < 1.29 is 28.2 Å². The third-order valence-electron chi connectivity index (χ3n) is 7.55. The second-order valence-corrected chi connectivity index (χ2v) is 14.5. The molecular formula is C31H44N2O6S. The Kier molecular flexibility index (Phi) is 12.7. The molecule has 0 heterocycles. The second-order valence-electron chi connectivity index (χ2n) is 11.7. The number of hydrogen-bond acceptors (Lipinski definition) is 6. The lowest BCUT2D eigenvalue weighted by molar-refractivity contribution is -0.131. The molecule has 40 heavy (non-hydrogen) atoms. The molecule has 4 N–H and O–H groups in total. The summed E-state index contributed by atoms with van der Waals surface area (Å²) in [6.45, 7) is 4.74. The largest absolute Gasteiger partial charge is 0.387 e. The van der Waals surface area contributed by atoms with Gasteiger partial charge < -0.3 is 20.8 Å². The second kappa shape index (κ2) is 15.2. The summed E-state index contributed by atoms with van der Waals surface area (Å²) in [5.41, 5.74) is 0.781. The van der Waals surface area contributed by atoms with E-state index in [4.69, 9.17) is 12.8 Å². The van der Waals surface area contributed by atoms with E-state index >= 15 is 0 Å². The summed E-state index contributed by atoms with van der Waals surface area (Å²) in [6, 6.07) is 7.04. The van der Waals surface area contributed by atoms with Crippen LogP contribution in [0.5, 0.6) is 0 Å². The van der Waals surface area contributed by atoms with Gasteiger partial charge in [0.2, 0.25) is 11.8 Å².